The van der Waals surface area contributed by atoms with Crippen LogP contribution in [0, 0.1) is 5.82 Å². The van der Waals surface area contributed by atoms with Crippen molar-refractivity contribution >= 4 is 15.9 Å². The van der Waals surface area contributed by atoms with Crippen LogP contribution >= 0.6 is 0 Å². The molecule has 0 radical (unpaired) electrons. The van der Waals surface area contributed by atoms with Crippen LogP contribution < -0.4 is 9.46 Å². The van der Waals surface area contributed by atoms with Gasteiger partial charge in [-0.1, -0.05) is 12.1 Å². The molecule has 8 heteroatoms. The van der Waals surface area contributed by atoms with Crippen molar-refractivity contribution in [2.75, 3.05) is 20.2 Å². The lowest BCUT2D eigenvalue weighted by Crippen LogP contribution is -2.31. The highest BCUT2D eigenvalue weighted by molar-refractivity contribution is 7.89. The topological polar surface area (TPSA) is 75.7 Å². The van der Waals surface area contributed by atoms with Crippen LogP contribution in [0.15, 0.2) is 47.4 Å². The number of likely N-dealkylation sites (tertiary alicyclic amines) is 1. The molecule has 150 valence electrons. The van der Waals surface area contributed by atoms with E-state index in [-0.39, 0.29) is 16.5 Å². The van der Waals surface area contributed by atoms with E-state index >= 15 is 0 Å². The van der Waals surface area contributed by atoms with Crippen LogP contribution in [0.3, 0.4) is 0 Å². The number of ether oxygens (including phenoxy) is 1. The van der Waals surface area contributed by atoms with Crippen LogP contribution in [-0.4, -0.2) is 39.4 Å². The van der Waals surface area contributed by atoms with Crippen molar-refractivity contribution in [1.29, 1.82) is 0 Å². The van der Waals surface area contributed by atoms with Crippen LogP contribution in [-0.2, 0) is 10.0 Å². The normalized spacial score (nSPS) is 17.0. The molecule has 1 unspecified atom stereocenters. The standard InChI is InChI=1S/C20H23FN2O4S/c1-3-27-15-8-6-14(7-9-15)19-5-4-12-23(19)20(24)17-13-16(10-11-18(17)21)28(25,26)22-2/h6-11,13,19,22H,3-5,12H2,1-2H3. The third-order valence-corrected chi connectivity index (χ3v) is 6.25. The number of carbonyl (C=O) groups excluding carboxylic acids is 1. The third-order valence-electron chi connectivity index (χ3n) is 4.84. The van der Waals surface area contributed by atoms with Gasteiger partial charge in [-0.2, -0.15) is 0 Å². The van der Waals surface area contributed by atoms with Crippen LogP contribution in [0.2, 0.25) is 0 Å². The van der Waals surface area contributed by atoms with Crippen LogP contribution in [0.5, 0.6) is 5.75 Å². The van der Waals surface area contributed by atoms with E-state index in [4.69, 9.17) is 4.74 Å². The van der Waals surface area contributed by atoms with Gasteiger partial charge in [-0.3, -0.25) is 4.79 Å². The van der Waals surface area contributed by atoms with E-state index in [1.165, 1.54) is 7.05 Å². The first kappa shape index (κ1) is 20.3. The summed E-state index contributed by atoms with van der Waals surface area (Å²) in [6.45, 7) is 2.96. The predicted molar refractivity (Wildman–Crippen MR) is 103 cm³/mol. The molecule has 1 aliphatic rings. The fourth-order valence-corrected chi connectivity index (χ4v) is 4.17. The summed E-state index contributed by atoms with van der Waals surface area (Å²) in [5, 5.41) is 0. The molecule has 0 bridgehead atoms. The number of hydrogen-bond acceptors (Lipinski definition) is 4. The van der Waals surface area contributed by atoms with Crippen molar-refractivity contribution in [3.63, 3.8) is 0 Å². The van der Waals surface area contributed by atoms with Gasteiger partial charge in [-0.05, 0) is 62.7 Å². The van der Waals surface area contributed by atoms with Gasteiger partial charge in [0.1, 0.15) is 11.6 Å². The van der Waals surface area contributed by atoms with Crippen LogP contribution in [0.4, 0.5) is 4.39 Å². The number of benzene rings is 2. The minimum absolute atomic E-state index is 0.142. The molecule has 0 aliphatic carbocycles. The predicted octanol–water partition coefficient (Wildman–Crippen LogP) is 3.11. The fourth-order valence-electron chi connectivity index (χ4n) is 3.42. The van der Waals surface area contributed by atoms with E-state index < -0.39 is 21.7 Å². The van der Waals surface area contributed by atoms with Gasteiger partial charge in [0.2, 0.25) is 10.0 Å². The van der Waals surface area contributed by atoms with E-state index in [2.05, 4.69) is 4.72 Å². The first-order chi connectivity index (χ1) is 13.4. The zero-order valence-corrected chi connectivity index (χ0v) is 16.6. The molecule has 6 nitrogen and oxygen atoms in total. The highest BCUT2D eigenvalue weighted by Crippen LogP contribution is 2.34. The van der Waals surface area contributed by atoms with Crippen LogP contribution in [0.25, 0.3) is 0 Å². The van der Waals surface area contributed by atoms with Crippen molar-refractivity contribution in [2.45, 2.75) is 30.7 Å². The number of carbonyl (C=O) groups is 1. The summed E-state index contributed by atoms with van der Waals surface area (Å²) >= 11 is 0. The average Bonchev–Trinajstić information content (AvgIpc) is 3.18. The maximum Gasteiger partial charge on any atom is 0.257 e. The Morgan fingerprint density at radius 3 is 2.61 bits per heavy atom. The Labute approximate surface area is 164 Å². The second-order valence-electron chi connectivity index (χ2n) is 6.51. The molecule has 1 saturated heterocycles. The first-order valence-corrected chi connectivity index (χ1v) is 10.6. The first-order valence-electron chi connectivity index (χ1n) is 9.14. The Kier molecular flexibility index (Phi) is 6.00. The zero-order chi connectivity index (χ0) is 20.3. The summed E-state index contributed by atoms with van der Waals surface area (Å²) in [6, 6.07) is 10.6. The molecule has 28 heavy (non-hydrogen) atoms. The monoisotopic (exact) mass is 406 g/mol. The van der Waals surface area contributed by atoms with Crippen molar-refractivity contribution in [2.24, 2.45) is 0 Å². The van der Waals surface area contributed by atoms with Gasteiger partial charge in [0.25, 0.3) is 5.91 Å². The summed E-state index contributed by atoms with van der Waals surface area (Å²) < 4.78 is 46.0. The zero-order valence-electron chi connectivity index (χ0n) is 15.8. The molecule has 0 aromatic heterocycles. The smallest absolute Gasteiger partial charge is 0.257 e. The summed E-state index contributed by atoms with van der Waals surface area (Å²) in [6.07, 6.45) is 1.55. The van der Waals surface area contributed by atoms with E-state index in [0.717, 1.165) is 42.4 Å². The summed E-state index contributed by atoms with van der Waals surface area (Å²) in [5.41, 5.74) is 0.697. The average molecular weight is 406 g/mol. The third kappa shape index (κ3) is 4.02. The van der Waals surface area contributed by atoms with Gasteiger partial charge >= 0.3 is 0 Å². The number of amides is 1. The molecule has 0 spiro atoms. The lowest BCUT2D eigenvalue weighted by atomic mass is 10.0. The number of nitrogens with zero attached hydrogens (tertiary/aromatic N) is 1. The molecule has 1 aliphatic heterocycles. The minimum Gasteiger partial charge on any atom is -0.494 e. The molecule has 2 aromatic rings. The second-order valence-corrected chi connectivity index (χ2v) is 8.39. The van der Waals surface area contributed by atoms with Gasteiger partial charge in [0.15, 0.2) is 0 Å². The number of nitrogens with one attached hydrogen (secondary N) is 1. The fraction of sp³-hybridized carbons (Fsp3) is 0.350. The highest BCUT2D eigenvalue weighted by atomic mass is 32.2. The molecular weight excluding hydrogens is 383 g/mol. The molecular formula is C20H23FN2O4S. The van der Waals surface area contributed by atoms with E-state index in [1.54, 1.807) is 4.90 Å². The molecule has 1 heterocycles. The number of hydrogen-bond donors (Lipinski definition) is 1. The maximum absolute atomic E-state index is 14.4. The van der Waals surface area contributed by atoms with E-state index in [9.17, 15) is 17.6 Å². The maximum atomic E-state index is 14.4. The molecule has 1 amide bonds. The summed E-state index contributed by atoms with van der Waals surface area (Å²) in [5.74, 6) is -0.502. The Balaban J connectivity index is 1.90. The van der Waals surface area contributed by atoms with Gasteiger partial charge in [-0.25, -0.2) is 17.5 Å². The Hall–Kier alpha value is -2.45. The summed E-state index contributed by atoms with van der Waals surface area (Å²) in [4.78, 5) is 14.5. The highest BCUT2D eigenvalue weighted by Gasteiger charge is 2.32. The van der Waals surface area contributed by atoms with Crippen molar-refractivity contribution in [3.05, 3.63) is 59.4 Å². The quantitative estimate of drug-likeness (QED) is 0.800. The lowest BCUT2D eigenvalue weighted by molar-refractivity contribution is 0.0730. The molecule has 3 rings (SSSR count). The number of halogens is 1. The molecule has 1 atom stereocenters. The van der Waals surface area contributed by atoms with Crippen molar-refractivity contribution < 1.29 is 22.3 Å². The van der Waals surface area contributed by atoms with Gasteiger partial charge in [0, 0.05) is 6.54 Å². The van der Waals surface area contributed by atoms with Crippen molar-refractivity contribution in [3.8, 4) is 5.75 Å². The van der Waals surface area contributed by atoms with Gasteiger partial charge in [-0.15, -0.1) is 0 Å². The van der Waals surface area contributed by atoms with Crippen molar-refractivity contribution in [1.82, 2.24) is 9.62 Å². The number of rotatable bonds is 6. The van der Waals surface area contributed by atoms with Gasteiger partial charge in [0.05, 0.1) is 23.1 Å². The van der Waals surface area contributed by atoms with Crippen LogP contribution in [0.1, 0.15) is 41.7 Å². The molecule has 1 fully saturated rings. The Morgan fingerprint density at radius 1 is 1.25 bits per heavy atom. The summed E-state index contributed by atoms with van der Waals surface area (Å²) in [7, 11) is -2.51. The molecule has 2 aromatic carbocycles. The van der Waals surface area contributed by atoms with E-state index in [0.29, 0.717) is 13.2 Å². The van der Waals surface area contributed by atoms with E-state index in [1.807, 2.05) is 31.2 Å². The largest absolute Gasteiger partial charge is 0.494 e. The minimum atomic E-state index is -3.77. The Morgan fingerprint density at radius 2 is 1.96 bits per heavy atom. The molecule has 1 N–H and O–H groups in total. The van der Waals surface area contributed by atoms with Gasteiger partial charge < -0.3 is 9.64 Å². The molecule has 0 saturated carbocycles. The second kappa shape index (κ2) is 8.28. The SMILES string of the molecule is CCOc1ccc(C2CCCN2C(=O)c2cc(S(=O)(=O)NC)ccc2F)cc1. The Bertz CT molecular complexity index is 961. The number of sulfonamides is 1. The lowest BCUT2D eigenvalue weighted by Gasteiger charge is -2.25.